The molecule has 0 atom stereocenters. The van der Waals surface area contributed by atoms with E-state index in [0.717, 1.165) is 0 Å². The number of rotatable bonds is 20. The SMILES string of the molecule is CCCCCCCCCCCCCCNCCCCCCCC. The largest absolute Gasteiger partial charge is 0.317 e. The van der Waals surface area contributed by atoms with E-state index in [0.29, 0.717) is 0 Å². The summed E-state index contributed by atoms with van der Waals surface area (Å²) < 4.78 is 0. The second-order valence-electron chi connectivity index (χ2n) is 7.41. The Bertz CT molecular complexity index is 170. The van der Waals surface area contributed by atoms with Gasteiger partial charge in [0.05, 0.1) is 0 Å². The van der Waals surface area contributed by atoms with Crippen molar-refractivity contribution in [1.29, 1.82) is 0 Å². The van der Waals surface area contributed by atoms with Gasteiger partial charge in [-0.15, -0.1) is 0 Å². The van der Waals surface area contributed by atoms with Crippen LogP contribution in [0.15, 0.2) is 0 Å². The first-order valence-corrected chi connectivity index (χ1v) is 11.1. The molecule has 0 rings (SSSR count). The molecule has 1 heteroatoms. The van der Waals surface area contributed by atoms with Gasteiger partial charge in [0, 0.05) is 0 Å². The van der Waals surface area contributed by atoms with E-state index in [9.17, 15) is 0 Å². The zero-order chi connectivity index (χ0) is 16.8. The van der Waals surface area contributed by atoms with E-state index >= 15 is 0 Å². The van der Waals surface area contributed by atoms with Gasteiger partial charge in [-0.3, -0.25) is 0 Å². The van der Waals surface area contributed by atoms with Gasteiger partial charge in [0.2, 0.25) is 0 Å². The molecule has 0 amide bonds. The van der Waals surface area contributed by atoms with Crippen LogP contribution in [0, 0.1) is 0 Å². The maximum absolute atomic E-state index is 3.61. The minimum atomic E-state index is 1.24. The summed E-state index contributed by atoms with van der Waals surface area (Å²) in [4.78, 5) is 0. The molecule has 0 radical (unpaired) electrons. The first-order chi connectivity index (χ1) is 11.4. The quantitative estimate of drug-likeness (QED) is 0.227. The van der Waals surface area contributed by atoms with E-state index in [1.807, 2.05) is 0 Å². The summed E-state index contributed by atoms with van der Waals surface area (Å²) in [5, 5.41) is 3.61. The first kappa shape index (κ1) is 23.0. The van der Waals surface area contributed by atoms with Crippen molar-refractivity contribution in [3.63, 3.8) is 0 Å². The molecule has 0 unspecified atom stereocenters. The Morgan fingerprint density at radius 3 is 0.913 bits per heavy atom. The highest BCUT2D eigenvalue weighted by molar-refractivity contribution is 4.52. The predicted octanol–water partition coefficient (Wildman–Crippen LogP) is 7.64. The minimum Gasteiger partial charge on any atom is -0.317 e. The van der Waals surface area contributed by atoms with Crippen LogP contribution in [0.25, 0.3) is 0 Å². The van der Waals surface area contributed by atoms with Crippen LogP contribution < -0.4 is 5.32 Å². The molecule has 0 aliphatic carbocycles. The van der Waals surface area contributed by atoms with Gasteiger partial charge in [0.25, 0.3) is 0 Å². The molecule has 0 aromatic carbocycles. The van der Waals surface area contributed by atoms with Crippen molar-refractivity contribution in [1.82, 2.24) is 5.32 Å². The van der Waals surface area contributed by atoms with Crippen LogP contribution in [0.5, 0.6) is 0 Å². The van der Waals surface area contributed by atoms with E-state index in [1.54, 1.807) is 0 Å². The molecule has 0 fully saturated rings. The van der Waals surface area contributed by atoms with E-state index in [4.69, 9.17) is 0 Å². The van der Waals surface area contributed by atoms with E-state index < -0.39 is 0 Å². The summed E-state index contributed by atoms with van der Waals surface area (Å²) in [6, 6.07) is 0. The number of unbranched alkanes of at least 4 members (excludes halogenated alkanes) is 16. The summed E-state index contributed by atoms with van der Waals surface area (Å²) in [6.07, 6.45) is 25.8. The lowest BCUT2D eigenvalue weighted by Gasteiger charge is -2.05. The van der Waals surface area contributed by atoms with E-state index in [2.05, 4.69) is 19.2 Å². The van der Waals surface area contributed by atoms with Crippen LogP contribution in [0.2, 0.25) is 0 Å². The van der Waals surface area contributed by atoms with Crippen molar-refractivity contribution in [2.45, 2.75) is 129 Å². The molecule has 1 N–H and O–H groups in total. The third-order valence-electron chi connectivity index (χ3n) is 4.91. The molecular weight excluding hydrogens is 278 g/mol. The van der Waals surface area contributed by atoms with Gasteiger partial charge < -0.3 is 5.32 Å². The van der Waals surface area contributed by atoms with Gasteiger partial charge >= 0.3 is 0 Å². The standard InChI is InChI=1S/C22H47N/c1-3-5-7-9-11-12-13-14-15-16-18-20-22-23-21-19-17-10-8-6-4-2/h23H,3-22H2,1-2H3. The molecule has 0 bridgehead atoms. The zero-order valence-electron chi connectivity index (χ0n) is 16.6. The monoisotopic (exact) mass is 325 g/mol. The number of hydrogen-bond donors (Lipinski definition) is 1. The summed E-state index contributed by atoms with van der Waals surface area (Å²) >= 11 is 0. The molecule has 1 nitrogen and oxygen atoms in total. The Labute approximate surface area is 148 Å². The smallest absolute Gasteiger partial charge is 0.00489 e. The fraction of sp³-hybridized carbons (Fsp3) is 1.00. The molecule has 23 heavy (non-hydrogen) atoms. The molecule has 0 spiro atoms. The van der Waals surface area contributed by atoms with E-state index in [-0.39, 0.29) is 0 Å². The lowest BCUT2D eigenvalue weighted by Crippen LogP contribution is -2.16. The zero-order valence-corrected chi connectivity index (χ0v) is 16.6. The maximum Gasteiger partial charge on any atom is -0.00489 e. The van der Waals surface area contributed by atoms with E-state index in [1.165, 1.54) is 129 Å². The minimum absolute atomic E-state index is 1.24. The predicted molar refractivity (Wildman–Crippen MR) is 107 cm³/mol. The van der Waals surface area contributed by atoms with Crippen LogP contribution in [-0.4, -0.2) is 13.1 Å². The van der Waals surface area contributed by atoms with Crippen molar-refractivity contribution < 1.29 is 0 Å². The van der Waals surface area contributed by atoms with Crippen LogP contribution >= 0.6 is 0 Å². The van der Waals surface area contributed by atoms with Crippen LogP contribution in [-0.2, 0) is 0 Å². The highest BCUT2D eigenvalue weighted by atomic mass is 14.8. The van der Waals surface area contributed by atoms with Crippen molar-refractivity contribution in [3.05, 3.63) is 0 Å². The molecule has 0 aliphatic heterocycles. The van der Waals surface area contributed by atoms with Gasteiger partial charge in [0.15, 0.2) is 0 Å². The number of nitrogens with one attached hydrogen (secondary N) is 1. The number of hydrogen-bond acceptors (Lipinski definition) is 1. The van der Waals surface area contributed by atoms with Crippen molar-refractivity contribution in [3.8, 4) is 0 Å². The molecule has 0 aromatic heterocycles. The highest BCUT2D eigenvalue weighted by Gasteiger charge is 1.94. The second-order valence-corrected chi connectivity index (χ2v) is 7.41. The molecular formula is C22H47N. The van der Waals surface area contributed by atoms with Gasteiger partial charge in [-0.05, 0) is 25.9 Å². The van der Waals surface area contributed by atoms with Gasteiger partial charge in [-0.1, -0.05) is 117 Å². The fourth-order valence-electron chi connectivity index (χ4n) is 3.25. The Hall–Kier alpha value is -0.0400. The Kier molecular flexibility index (Phi) is 21.9. The molecule has 0 saturated carbocycles. The molecule has 0 aromatic rings. The molecule has 0 saturated heterocycles. The first-order valence-electron chi connectivity index (χ1n) is 11.1. The summed E-state index contributed by atoms with van der Waals surface area (Å²) in [6.45, 7) is 7.07. The summed E-state index contributed by atoms with van der Waals surface area (Å²) in [5.41, 5.74) is 0. The molecule has 140 valence electrons. The van der Waals surface area contributed by atoms with Crippen molar-refractivity contribution in [2.75, 3.05) is 13.1 Å². The third kappa shape index (κ3) is 22.0. The topological polar surface area (TPSA) is 12.0 Å². The summed E-state index contributed by atoms with van der Waals surface area (Å²) in [7, 11) is 0. The second kappa shape index (κ2) is 22.0. The Morgan fingerprint density at radius 2 is 0.609 bits per heavy atom. The summed E-state index contributed by atoms with van der Waals surface area (Å²) in [5.74, 6) is 0. The van der Waals surface area contributed by atoms with Crippen LogP contribution in [0.1, 0.15) is 129 Å². The average molecular weight is 326 g/mol. The van der Waals surface area contributed by atoms with Crippen LogP contribution in [0.4, 0.5) is 0 Å². The average Bonchev–Trinajstić information content (AvgIpc) is 2.57. The lowest BCUT2D eigenvalue weighted by atomic mass is 10.1. The van der Waals surface area contributed by atoms with Gasteiger partial charge in [0.1, 0.15) is 0 Å². The normalized spacial score (nSPS) is 11.2. The third-order valence-corrected chi connectivity index (χ3v) is 4.91. The van der Waals surface area contributed by atoms with Crippen molar-refractivity contribution >= 4 is 0 Å². The lowest BCUT2D eigenvalue weighted by molar-refractivity contribution is 0.527. The fourth-order valence-corrected chi connectivity index (χ4v) is 3.25. The molecule has 0 heterocycles. The van der Waals surface area contributed by atoms with Gasteiger partial charge in [-0.25, -0.2) is 0 Å². The Balaban J connectivity index is 2.92. The van der Waals surface area contributed by atoms with Crippen molar-refractivity contribution in [2.24, 2.45) is 0 Å². The molecule has 0 aliphatic rings. The van der Waals surface area contributed by atoms with Crippen LogP contribution in [0.3, 0.4) is 0 Å². The Morgan fingerprint density at radius 1 is 0.348 bits per heavy atom. The maximum atomic E-state index is 3.61. The van der Waals surface area contributed by atoms with Gasteiger partial charge in [-0.2, -0.15) is 0 Å². The highest BCUT2D eigenvalue weighted by Crippen LogP contribution is 2.11.